The number of carbonyl (C=O) groups is 1. The summed E-state index contributed by atoms with van der Waals surface area (Å²) in [5.41, 5.74) is 0.789. The minimum absolute atomic E-state index is 0.0696. The van der Waals surface area contributed by atoms with Crippen LogP contribution in [0.5, 0.6) is 0 Å². The molecule has 0 aromatic heterocycles. The van der Waals surface area contributed by atoms with E-state index in [0.717, 1.165) is 5.69 Å². The van der Waals surface area contributed by atoms with Gasteiger partial charge in [-0.15, -0.1) is 11.6 Å². The van der Waals surface area contributed by atoms with Crippen molar-refractivity contribution in [2.45, 2.75) is 20.1 Å². The summed E-state index contributed by atoms with van der Waals surface area (Å²) in [5, 5.41) is 0. The molecule has 0 aliphatic carbocycles. The molecule has 0 fully saturated rings. The predicted octanol–water partition coefficient (Wildman–Crippen LogP) is 2.66. The molecule has 5 heteroatoms. The maximum absolute atomic E-state index is 11.9. The van der Waals surface area contributed by atoms with Crippen LogP contribution in [0.4, 0.5) is 5.69 Å². The van der Waals surface area contributed by atoms with Crippen molar-refractivity contribution >= 4 is 23.2 Å². The quantitative estimate of drug-likeness (QED) is 0.544. The zero-order valence-corrected chi connectivity index (χ0v) is 12.1. The topological polar surface area (TPSA) is 38.8 Å². The third kappa shape index (κ3) is 5.19. The predicted molar refractivity (Wildman–Crippen MR) is 76.6 cm³/mol. The van der Waals surface area contributed by atoms with Crippen LogP contribution in [0, 0.1) is 0 Å². The molecule has 4 nitrogen and oxygen atoms in total. The van der Waals surface area contributed by atoms with Crippen LogP contribution in [0.15, 0.2) is 30.3 Å². The van der Waals surface area contributed by atoms with Gasteiger partial charge in [0.1, 0.15) is 5.88 Å². The number of amides is 1. The van der Waals surface area contributed by atoms with Gasteiger partial charge in [0.2, 0.25) is 5.91 Å². The Morgan fingerprint density at radius 3 is 2.26 bits per heavy atom. The number of carbonyl (C=O) groups excluding carboxylic acids is 1. The van der Waals surface area contributed by atoms with Crippen molar-refractivity contribution in [3.8, 4) is 0 Å². The van der Waals surface area contributed by atoms with Gasteiger partial charge in [0.15, 0.2) is 6.29 Å². The number of rotatable bonds is 8. The van der Waals surface area contributed by atoms with Gasteiger partial charge in [0.25, 0.3) is 0 Å². The Labute approximate surface area is 119 Å². The summed E-state index contributed by atoms with van der Waals surface area (Å²) < 4.78 is 10.9. The molecule has 0 radical (unpaired) electrons. The number of anilines is 1. The largest absolute Gasteiger partial charge is 0.351 e. The molecule has 1 aromatic rings. The Kier molecular flexibility index (Phi) is 7.48. The van der Waals surface area contributed by atoms with Crippen LogP contribution in [0.3, 0.4) is 0 Å². The molecule has 1 rings (SSSR count). The number of alkyl halides is 1. The smallest absolute Gasteiger partial charge is 0.242 e. The first kappa shape index (κ1) is 16.0. The summed E-state index contributed by atoms with van der Waals surface area (Å²) in [6.07, 6.45) is -0.442. The van der Waals surface area contributed by atoms with Gasteiger partial charge in [0.05, 0.1) is 6.54 Å². The van der Waals surface area contributed by atoms with Crippen molar-refractivity contribution < 1.29 is 14.3 Å². The van der Waals surface area contributed by atoms with E-state index in [1.807, 2.05) is 44.2 Å². The lowest BCUT2D eigenvalue weighted by Crippen LogP contribution is -2.40. The van der Waals surface area contributed by atoms with E-state index in [0.29, 0.717) is 19.8 Å². The minimum Gasteiger partial charge on any atom is -0.351 e. The summed E-state index contributed by atoms with van der Waals surface area (Å²) in [6, 6.07) is 9.37. The van der Waals surface area contributed by atoms with Gasteiger partial charge >= 0.3 is 0 Å². The highest BCUT2D eigenvalue weighted by atomic mass is 35.5. The molecular formula is C14H20ClNO3. The highest BCUT2D eigenvalue weighted by molar-refractivity contribution is 6.29. The van der Waals surface area contributed by atoms with E-state index in [1.54, 1.807) is 4.90 Å². The molecule has 0 aliphatic rings. The van der Waals surface area contributed by atoms with Gasteiger partial charge in [0, 0.05) is 18.9 Å². The van der Waals surface area contributed by atoms with E-state index >= 15 is 0 Å². The molecule has 0 saturated carbocycles. The Morgan fingerprint density at radius 1 is 1.21 bits per heavy atom. The summed E-state index contributed by atoms with van der Waals surface area (Å²) in [6.45, 7) is 5.17. The SMILES string of the molecule is CCOC(CN(C(=O)CCl)c1ccccc1)OCC. The van der Waals surface area contributed by atoms with Gasteiger partial charge in [-0.25, -0.2) is 0 Å². The normalized spacial score (nSPS) is 10.7. The molecule has 0 spiro atoms. The Balaban J connectivity index is 2.82. The van der Waals surface area contributed by atoms with Crippen LogP contribution in [0.2, 0.25) is 0 Å². The van der Waals surface area contributed by atoms with Gasteiger partial charge in [-0.1, -0.05) is 18.2 Å². The Bertz CT molecular complexity index is 366. The fourth-order valence-electron chi connectivity index (χ4n) is 1.71. The highest BCUT2D eigenvalue weighted by Crippen LogP contribution is 2.15. The highest BCUT2D eigenvalue weighted by Gasteiger charge is 2.20. The average Bonchev–Trinajstić information content (AvgIpc) is 2.45. The molecule has 0 bridgehead atoms. The minimum atomic E-state index is -0.442. The molecule has 0 N–H and O–H groups in total. The van der Waals surface area contributed by atoms with Gasteiger partial charge in [-0.05, 0) is 26.0 Å². The van der Waals surface area contributed by atoms with Gasteiger partial charge in [-0.2, -0.15) is 0 Å². The Morgan fingerprint density at radius 2 is 1.79 bits per heavy atom. The number of nitrogens with zero attached hydrogens (tertiary/aromatic N) is 1. The van der Waals surface area contributed by atoms with E-state index in [-0.39, 0.29) is 11.8 Å². The van der Waals surface area contributed by atoms with E-state index in [1.165, 1.54) is 0 Å². The van der Waals surface area contributed by atoms with E-state index in [9.17, 15) is 4.79 Å². The first-order valence-electron chi connectivity index (χ1n) is 6.37. The number of halogens is 1. The van der Waals surface area contributed by atoms with E-state index in [2.05, 4.69) is 0 Å². The van der Waals surface area contributed by atoms with E-state index < -0.39 is 6.29 Å². The first-order valence-corrected chi connectivity index (χ1v) is 6.90. The van der Waals surface area contributed by atoms with Crippen molar-refractivity contribution in [3.05, 3.63) is 30.3 Å². The summed E-state index contributed by atoms with van der Waals surface area (Å²) in [5.74, 6) is -0.239. The maximum Gasteiger partial charge on any atom is 0.242 e. The molecule has 106 valence electrons. The van der Waals surface area contributed by atoms with Crippen molar-refractivity contribution in [1.82, 2.24) is 0 Å². The Hall–Kier alpha value is -1.10. The van der Waals surface area contributed by atoms with E-state index in [4.69, 9.17) is 21.1 Å². The third-order valence-electron chi connectivity index (χ3n) is 2.52. The van der Waals surface area contributed by atoms with Gasteiger partial charge < -0.3 is 14.4 Å². The van der Waals surface area contributed by atoms with Crippen LogP contribution < -0.4 is 4.90 Å². The fraction of sp³-hybridized carbons (Fsp3) is 0.500. The maximum atomic E-state index is 11.9. The van der Waals surface area contributed by atoms with Crippen molar-refractivity contribution in [2.24, 2.45) is 0 Å². The average molecular weight is 286 g/mol. The van der Waals surface area contributed by atoms with Crippen molar-refractivity contribution in [2.75, 3.05) is 30.5 Å². The lowest BCUT2D eigenvalue weighted by Gasteiger charge is -2.27. The molecule has 0 unspecified atom stereocenters. The van der Waals surface area contributed by atoms with Crippen molar-refractivity contribution in [1.29, 1.82) is 0 Å². The summed E-state index contributed by atoms with van der Waals surface area (Å²) in [7, 11) is 0. The number of ether oxygens (including phenoxy) is 2. The molecule has 0 aliphatic heterocycles. The van der Waals surface area contributed by atoms with Crippen LogP contribution >= 0.6 is 11.6 Å². The standard InChI is InChI=1S/C14H20ClNO3/c1-3-18-14(19-4-2)11-16(13(17)10-15)12-8-6-5-7-9-12/h5-9,14H,3-4,10-11H2,1-2H3. The summed E-state index contributed by atoms with van der Waals surface area (Å²) in [4.78, 5) is 13.5. The fourth-order valence-corrected chi connectivity index (χ4v) is 1.85. The monoisotopic (exact) mass is 285 g/mol. The van der Waals surface area contributed by atoms with Crippen LogP contribution in [-0.4, -0.2) is 37.8 Å². The zero-order valence-electron chi connectivity index (χ0n) is 11.3. The van der Waals surface area contributed by atoms with Crippen LogP contribution in [0.25, 0.3) is 0 Å². The number of hydrogen-bond acceptors (Lipinski definition) is 3. The molecular weight excluding hydrogens is 266 g/mol. The third-order valence-corrected chi connectivity index (χ3v) is 2.75. The second kappa shape index (κ2) is 8.91. The van der Waals surface area contributed by atoms with Crippen LogP contribution in [0.1, 0.15) is 13.8 Å². The number of hydrogen-bond donors (Lipinski definition) is 0. The molecule has 1 amide bonds. The lowest BCUT2D eigenvalue weighted by molar-refractivity contribution is -0.135. The number of benzene rings is 1. The first-order chi connectivity index (χ1) is 9.22. The van der Waals surface area contributed by atoms with Crippen molar-refractivity contribution in [3.63, 3.8) is 0 Å². The van der Waals surface area contributed by atoms with Gasteiger partial charge in [-0.3, -0.25) is 4.79 Å². The second-order valence-corrected chi connectivity index (χ2v) is 4.08. The molecule has 0 saturated heterocycles. The summed E-state index contributed by atoms with van der Waals surface area (Å²) >= 11 is 5.66. The molecule has 0 atom stereocenters. The zero-order chi connectivity index (χ0) is 14.1. The molecule has 0 heterocycles. The second-order valence-electron chi connectivity index (χ2n) is 3.81. The number of para-hydroxylation sites is 1. The van der Waals surface area contributed by atoms with Crippen LogP contribution in [-0.2, 0) is 14.3 Å². The molecule has 19 heavy (non-hydrogen) atoms. The molecule has 1 aromatic carbocycles. The lowest BCUT2D eigenvalue weighted by atomic mass is 10.3.